The van der Waals surface area contributed by atoms with Gasteiger partial charge in [0.2, 0.25) is 5.91 Å². The van der Waals surface area contributed by atoms with Crippen LogP contribution in [0.15, 0.2) is 18.2 Å². The number of rotatable bonds is 4. The number of nitrogens with one attached hydrogen (secondary N) is 1. The summed E-state index contributed by atoms with van der Waals surface area (Å²) in [5.41, 5.74) is 3.61. The molecule has 92 valence electrons. The molecule has 17 heavy (non-hydrogen) atoms. The monoisotopic (exact) mass is 250 g/mol. The molecule has 1 aromatic carbocycles. The van der Waals surface area contributed by atoms with E-state index >= 15 is 0 Å². The van der Waals surface area contributed by atoms with Crippen LogP contribution < -0.4 is 10.2 Å². The van der Waals surface area contributed by atoms with Crippen LogP contribution in [0.3, 0.4) is 0 Å². The number of amides is 1. The lowest BCUT2D eigenvalue weighted by Gasteiger charge is -2.29. The molecule has 0 unspecified atom stereocenters. The van der Waals surface area contributed by atoms with E-state index < -0.39 is 0 Å². The third-order valence-corrected chi connectivity index (χ3v) is 3.25. The van der Waals surface area contributed by atoms with E-state index in [9.17, 15) is 4.79 Å². The normalized spacial score (nSPS) is 14.9. The first-order valence-electron chi connectivity index (χ1n) is 5.94. The van der Waals surface area contributed by atoms with Gasteiger partial charge in [-0.25, -0.2) is 0 Å². The van der Waals surface area contributed by atoms with Crippen LogP contribution >= 0.6 is 12.6 Å². The van der Waals surface area contributed by atoms with Crippen molar-refractivity contribution in [3.8, 4) is 0 Å². The highest BCUT2D eigenvalue weighted by Crippen LogP contribution is 2.28. The molecule has 1 aliphatic heterocycles. The number of benzene rings is 1. The molecule has 0 aromatic heterocycles. The van der Waals surface area contributed by atoms with Crippen molar-refractivity contribution < 1.29 is 4.79 Å². The molecule has 0 fully saturated rings. The number of hydrogen-bond donors (Lipinski definition) is 2. The van der Waals surface area contributed by atoms with Crippen LogP contribution in [0.5, 0.6) is 0 Å². The molecule has 4 heteroatoms. The fourth-order valence-electron chi connectivity index (χ4n) is 2.27. The Balaban J connectivity index is 2.30. The van der Waals surface area contributed by atoms with Crippen LogP contribution in [0.25, 0.3) is 0 Å². The summed E-state index contributed by atoms with van der Waals surface area (Å²) in [5, 5.41) is 3.14. The molecule has 0 bridgehead atoms. The van der Waals surface area contributed by atoms with Crippen molar-refractivity contribution in [3.05, 3.63) is 29.3 Å². The summed E-state index contributed by atoms with van der Waals surface area (Å²) < 4.78 is 0. The van der Waals surface area contributed by atoms with E-state index in [0.717, 1.165) is 18.7 Å². The Hall–Kier alpha value is -1.00. The number of fused-ring (bicyclic) bond motifs is 1. The Kier molecular flexibility index (Phi) is 4.07. The van der Waals surface area contributed by atoms with Crippen LogP contribution in [-0.4, -0.2) is 25.3 Å². The molecule has 1 aliphatic rings. The number of anilines is 1. The minimum atomic E-state index is 0.216. The summed E-state index contributed by atoms with van der Waals surface area (Å²) in [4.78, 5) is 13.7. The number of thiol groups is 1. The summed E-state index contributed by atoms with van der Waals surface area (Å²) >= 11 is 4.21. The standard InChI is InChI=1S/C13H18N2OS/c1-14-9-10-2-4-12-11(8-10)3-5-13(16)15(12)6-7-17/h2,4,8,14,17H,3,5-7,9H2,1H3. The van der Waals surface area contributed by atoms with Gasteiger partial charge in [-0.3, -0.25) is 4.79 Å². The predicted octanol–water partition coefficient (Wildman–Crippen LogP) is 1.61. The van der Waals surface area contributed by atoms with Crippen LogP contribution in [0.1, 0.15) is 17.5 Å². The number of nitrogens with zero attached hydrogens (tertiary/aromatic N) is 1. The number of carbonyl (C=O) groups excluding carboxylic acids is 1. The average Bonchev–Trinajstić information content (AvgIpc) is 2.33. The Labute approximate surface area is 108 Å². The second-order valence-electron chi connectivity index (χ2n) is 4.26. The zero-order valence-electron chi connectivity index (χ0n) is 10.1. The van der Waals surface area contributed by atoms with Crippen molar-refractivity contribution in [1.29, 1.82) is 0 Å². The minimum absolute atomic E-state index is 0.216. The summed E-state index contributed by atoms with van der Waals surface area (Å²) in [6.07, 6.45) is 1.47. The molecule has 0 radical (unpaired) electrons. The maximum Gasteiger partial charge on any atom is 0.227 e. The fourth-order valence-corrected chi connectivity index (χ4v) is 2.47. The highest BCUT2D eigenvalue weighted by molar-refractivity contribution is 7.80. The lowest BCUT2D eigenvalue weighted by Crippen LogP contribution is -2.36. The smallest absolute Gasteiger partial charge is 0.227 e. The van der Waals surface area contributed by atoms with Crippen molar-refractivity contribution in [2.45, 2.75) is 19.4 Å². The highest BCUT2D eigenvalue weighted by Gasteiger charge is 2.23. The molecule has 0 saturated heterocycles. The summed E-state index contributed by atoms with van der Waals surface area (Å²) in [6, 6.07) is 6.34. The second-order valence-corrected chi connectivity index (χ2v) is 4.71. The minimum Gasteiger partial charge on any atom is -0.316 e. The largest absolute Gasteiger partial charge is 0.316 e. The van der Waals surface area contributed by atoms with Gasteiger partial charge in [-0.1, -0.05) is 12.1 Å². The molecular formula is C13H18N2OS. The van der Waals surface area contributed by atoms with Crippen LogP contribution in [0.4, 0.5) is 5.69 Å². The van der Waals surface area contributed by atoms with E-state index in [1.807, 2.05) is 11.9 Å². The number of hydrogen-bond acceptors (Lipinski definition) is 3. The summed E-state index contributed by atoms with van der Waals surface area (Å²) in [6.45, 7) is 1.56. The van der Waals surface area contributed by atoms with Gasteiger partial charge in [0.15, 0.2) is 0 Å². The van der Waals surface area contributed by atoms with Gasteiger partial charge in [0.25, 0.3) is 0 Å². The zero-order valence-corrected chi connectivity index (χ0v) is 11.0. The molecular weight excluding hydrogens is 232 g/mol. The van der Waals surface area contributed by atoms with Gasteiger partial charge < -0.3 is 10.2 Å². The van der Waals surface area contributed by atoms with E-state index in [2.05, 4.69) is 36.1 Å². The van der Waals surface area contributed by atoms with Gasteiger partial charge in [-0.05, 0) is 30.7 Å². The summed E-state index contributed by atoms with van der Waals surface area (Å²) in [5.74, 6) is 0.914. The average molecular weight is 250 g/mol. The SMILES string of the molecule is CNCc1ccc2c(c1)CCC(=O)N2CCS. The fraction of sp³-hybridized carbons (Fsp3) is 0.462. The van der Waals surface area contributed by atoms with Gasteiger partial charge >= 0.3 is 0 Å². The quantitative estimate of drug-likeness (QED) is 0.796. The Morgan fingerprint density at radius 2 is 2.24 bits per heavy atom. The topological polar surface area (TPSA) is 32.3 Å². The lowest BCUT2D eigenvalue weighted by molar-refractivity contribution is -0.118. The van der Waals surface area contributed by atoms with Gasteiger partial charge in [-0.15, -0.1) is 0 Å². The molecule has 0 aliphatic carbocycles. The van der Waals surface area contributed by atoms with E-state index in [1.54, 1.807) is 0 Å². The van der Waals surface area contributed by atoms with Crippen molar-refractivity contribution >= 4 is 24.2 Å². The maximum atomic E-state index is 11.8. The van der Waals surface area contributed by atoms with E-state index in [1.165, 1.54) is 11.1 Å². The molecule has 2 rings (SSSR count). The first-order valence-corrected chi connectivity index (χ1v) is 6.57. The molecule has 3 nitrogen and oxygen atoms in total. The van der Waals surface area contributed by atoms with Crippen molar-refractivity contribution in [2.24, 2.45) is 0 Å². The van der Waals surface area contributed by atoms with Gasteiger partial charge in [0, 0.05) is 31.0 Å². The second kappa shape index (κ2) is 5.56. The van der Waals surface area contributed by atoms with Crippen LogP contribution in [-0.2, 0) is 17.8 Å². The van der Waals surface area contributed by atoms with Crippen molar-refractivity contribution in [2.75, 3.05) is 24.2 Å². The molecule has 1 aromatic rings. The first kappa shape index (κ1) is 12.5. The molecule has 0 atom stereocenters. The predicted molar refractivity (Wildman–Crippen MR) is 73.7 cm³/mol. The highest BCUT2D eigenvalue weighted by atomic mass is 32.1. The van der Waals surface area contributed by atoms with E-state index in [0.29, 0.717) is 18.7 Å². The van der Waals surface area contributed by atoms with Gasteiger partial charge in [0.1, 0.15) is 0 Å². The number of carbonyl (C=O) groups is 1. The number of aryl methyl sites for hydroxylation is 1. The first-order chi connectivity index (χ1) is 8.26. The van der Waals surface area contributed by atoms with Gasteiger partial charge in [0.05, 0.1) is 0 Å². The van der Waals surface area contributed by atoms with Crippen molar-refractivity contribution in [3.63, 3.8) is 0 Å². The zero-order chi connectivity index (χ0) is 12.3. The van der Waals surface area contributed by atoms with E-state index in [-0.39, 0.29) is 5.91 Å². The Morgan fingerprint density at radius 1 is 1.41 bits per heavy atom. The third-order valence-electron chi connectivity index (χ3n) is 3.05. The Morgan fingerprint density at radius 3 is 2.94 bits per heavy atom. The molecule has 0 spiro atoms. The molecule has 1 N–H and O–H groups in total. The van der Waals surface area contributed by atoms with Gasteiger partial charge in [-0.2, -0.15) is 12.6 Å². The lowest BCUT2D eigenvalue weighted by atomic mass is 9.98. The summed E-state index contributed by atoms with van der Waals surface area (Å²) in [7, 11) is 1.94. The van der Waals surface area contributed by atoms with Crippen molar-refractivity contribution in [1.82, 2.24) is 5.32 Å². The molecule has 1 amide bonds. The van der Waals surface area contributed by atoms with Crippen LogP contribution in [0.2, 0.25) is 0 Å². The van der Waals surface area contributed by atoms with E-state index in [4.69, 9.17) is 0 Å². The molecule has 1 heterocycles. The molecule has 0 saturated carbocycles. The maximum absolute atomic E-state index is 11.8. The third kappa shape index (κ3) is 2.64. The van der Waals surface area contributed by atoms with Crippen LogP contribution in [0, 0.1) is 0 Å². The Bertz CT molecular complexity index is 420.